The molecular formula is C28H40N8O. The van der Waals surface area contributed by atoms with Crippen LogP contribution in [0.25, 0.3) is 11.0 Å². The second-order valence-electron chi connectivity index (χ2n) is 10.7. The van der Waals surface area contributed by atoms with Gasteiger partial charge in [0.05, 0.1) is 28.2 Å². The average Bonchev–Trinajstić information content (AvgIpc) is 2.89. The van der Waals surface area contributed by atoms with Crippen molar-refractivity contribution in [1.29, 1.82) is 5.41 Å². The monoisotopic (exact) mass is 504 g/mol. The molecule has 1 aliphatic carbocycles. The molecule has 0 spiro atoms. The molecule has 7 N–H and O–H groups in total. The zero-order valence-electron chi connectivity index (χ0n) is 22.2. The average molecular weight is 505 g/mol. The molecule has 0 saturated carbocycles. The predicted molar refractivity (Wildman–Crippen MR) is 148 cm³/mol. The van der Waals surface area contributed by atoms with E-state index in [0.717, 1.165) is 23.9 Å². The minimum Gasteiger partial charge on any atom is -0.385 e. The number of carbonyl (C=O) groups excluding carboxylic acids is 1. The molecule has 0 bridgehead atoms. The fourth-order valence-electron chi connectivity index (χ4n) is 6.62. The van der Waals surface area contributed by atoms with E-state index >= 15 is 0 Å². The number of piperidine rings is 1. The van der Waals surface area contributed by atoms with Crippen LogP contribution in [0.5, 0.6) is 0 Å². The number of fused-ring (bicyclic) bond motifs is 1. The van der Waals surface area contributed by atoms with Crippen molar-refractivity contribution in [3.8, 4) is 0 Å². The predicted octanol–water partition coefficient (Wildman–Crippen LogP) is 3.37. The highest BCUT2D eigenvalue weighted by molar-refractivity contribution is 6.26. The molecule has 9 heteroatoms. The van der Waals surface area contributed by atoms with Crippen LogP contribution in [0.3, 0.4) is 0 Å². The molecule has 1 saturated heterocycles. The van der Waals surface area contributed by atoms with Gasteiger partial charge in [-0.3, -0.25) is 20.1 Å². The van der Waals surface area contributed by atoms with Crippen molar-refractivity contribution < 1.29 is 4.79 Å². The van der Waals surface area contributed by atoms with Gasteiger partial charge in [0.1, 0.15) is 11.7 Å². The minimum atomic E-state index is -0.884. The van der Waals surface area contributed by atoms with Crippen LogP contribution in [0.15, 0.2) is 47.2 Å². The summed E-state index contributed by atoms with van der Waals surface area (Å²) in [6.07, 6.45) is 10.1. The number of rotatable bonds is 8. The number of hydrogen-bond donors (Lipinski definition) is 4. The standard InChI is InChI=1S/C28H40N8O/c1-4-19(36-17(2)8-7-9-18(36)3)12-14-28(23-16-33-21-10-5-6-11-22(21)34-23)15-13-20(26(29)30)25(37)24(28)27(31)35-32/h5-6,10-11,13,16-19,24H,4,7-9,12,14-15,32H2,1-3H3,(H3,29,30)(H2,31,35). The van der Waals surface area contributed by atoms with Gasteiger partial charge in [-0.1, -0.05) is 31.6 Å². The summed E-state index contributed by atoms with van der Waals surface area (Å²) < 4.78 is 0. The van der Waals surface area contributed by atoms with Crippen molar-refractivity contribution in [2.75, 3.05) is 0 Å². The summed E-state index contributed by atoms with van der Waals surface area (Å²) >= 11 is 0. The van der Waals surface area contributed by atoms with Crippen LogP contribution in [0, 0.1) is 11.3 Å². The number of amidine groups is 2. The number of aromatic nitrogens is 2. The normalized spacial score (nSPS) is 28.2. The van der Waals surface area contributed by atoms with Gasteiger partial charge in [0.15, 0.2) is 5.78 Å². The van der Waals surface area contributed by atoms with Crippen LogP contribution >= 0.6 is 0 Å². The van der Waals surface area contributed by atoms with E-state index in [2.05, 4.69) is 35.8 Å². The van der Waals surface area contributed by atoms with E-state index in [9.17, 15) is 4.79 Å². The quantitative estimate of drug-likeness (QED) is 0.185. The number of hydrogen-bond acceptors (Lipinski definition) is 7. The number of nitrogens with two attached hydrogens (primary N) is 3. The summed E-state index contributed by atoms with van der Waals surface area (Å²) in [5.74, 6) is 4.20. The third kappa shape index (κ3) is 4.97. The van der Waals surface area contributed by atoms with Crippen molar-refractivity contribution in [2.45, 2.75) is 89.3 Å². The van der Waals surface area contributed by atoms with E-state index in [0.29, 0.717) is 36.7 Å². The summed E-state index contributed by atoms with van der Waals surface area (Å²) in [5.41, 5.74) is 13.7. The highest BCUT2D eigenvalue weighted by Crippen LogP contribution is 2.46. The molecule has 37 heavy (non-hydrogen) atoms. The van der Waals surface area contributed by atoms with E-state index in [1.54, 1.807) is 12.3 Å². The zero-order valence-corrected chi connectivity index (χ0v) is 22.2. The first kappa shape index (κ1) is 26.7. The second-order valence-corrected chi connectivity index (χ2v) is 10.7. The first-order valence-electron chi connectivity index (χ1n) is 13.3. The number of nitrogens with one attached hydrogen (secondary N) is 1. The second kappa shape index (κ2) is 11.0. The first-order valence-corrected chi connectivity index (χ1v) is 13.3. The summed E-state index contributed by atoms with van der Waals surface area (Å²) in [6.45, 7) is 6.86. The Balaban J connectivity index is 1.82. The third-order valence-electron chi connectivity index (χ3n) is 8.52. The van der Waals surface area contributed by atoms with Gasteiger partial charge >= 0.3 is 0 Å². The van der Waals surface area contributed by atoms with Crippen LogP contribution in [-0.2, 0) is 10.2 Å². The number of likely N-dealkylation sites (tertiary alicyclic amines) is 1. The number of hydrazone groups is 1. The SMILES string of the molecule is CCC(CCC1(c2cnc3ccccc3n2)CC=C(C(=N)N)C(=O)C1/C(N)=N\N)N1C(C)CCCC1C. The largest absolute Gasteiger partial charge is 0.385 e. The smallest absolute Gasteiger partial charge is 0.177 e. The van der Waals surface area contributed by atoms with Crippen LogP contribution in [-0.4, -0.2) is 50.4 Å². The summed E-state index contributed by atoms with van der Waals surface area (Å²) in [5, 5.41) is 11.7. The minimum absolute atomic E-state index is 0.0274. The lowest BCUT2D eigenvalue weighted by molar-refractivity contribution is -0.119. The Bertz CT molecular complexity index is 1210. The van der Waals surface area contributed by atoms with E-state index in [1.165, 1.54) is 19.3 Å². The van der Waals surface area contributed by atoms with Crippen molar-refractivity contribution >= 4 is 28.5 Å². The number of allylic oxidation sites excluding steroid dienone is 1. The topological polar surface area (TPSA) is 160 Å². The number of ketones is 1. The van der Waals surface area contributed by atoms with Crippen LogP contribution < -0.4 is 17.3 Å². The van der Waals surface area contributed by atoms with Gasteiger partial charge < -0.3 is 17.3 Å². The molecular weight excluding hydrogens is 464 g/mol. The molecule has 2 aromatic rings. The molecule has 2 aliphatic rings. The van der Waals surface area contributed by atoms with Gasteiger partial charge in [0.25, 0.3) is 0 Å². The molecule has 4 rings (SSSR count). The maximum Gasteiger partial charge on any atom is 0.177 e. The van der Waals surface area contributed by atoms with Crippen LogP contribution in [0.2, 0.25) is 0 Å². The molecule has 1 aromatic heterocycles. The highest BCUT2D eigenvalue weighted by atomic mass is 16.1. The molecule has 0 radical (unpaired) electrons. The molecule has 5 unspecified atom stereocenters. The number of para-hydroxylation sites is 2. The Morgan fingerprint density at radius 2 is 1.89 bits per heavy atom. The Labute approximate surface area is 219 Å². The van der Waals surface area contributed by atoms with Gasteiger partial charge in [-0.25, -0.2) is 4.98 Å². The first-order chi connectivity index (χ1) is 17.7. The van der Waals surface area contributed by atoms with Gasteiger partial charge in [-0.2, -0.15) is 5.10 Å². The molecule has 0 amide bonds. The lowest BCUT2D eigenvalue weighted by Gasteiger charge is -2.46. The molecule has 1 fully saturated rings. The fraction of sp³-hybridized carbons (Fsp3) is 0.536. The maximum atomic E-state index is 13.8. The highest BCUT2D eigenvalue weighted by Gasteiger charge is 2.51. The lowest BCUT2D eigenvalue weighted by Crippen LogP contribution is -2.53. The van der Waals surface area contributed by atoms with Crippen molar-refractivity contribution in [3.63, 3.8) is 0 Å². The van der Waals surface area contributed by atoms with E-state index in [4.69, 9.17) is 27.7 Å². The van der Waals surface area contributed by atoms with Crippen molar-refractivity contribution in [3.05, 3.63) is 47.8 Å². The maximum absolute atomic E-state index is 13.8. The van der Waals surface area contributed by atoms with Gasteiger partial charge in [-0.15, -0.1) is 0 Å². The summed E-state index contributed by atoms with van der Waals surface area (Å²) in [4.78, 5) is 26.1. The third-order valence-corrected chi connectivity index (χ3v) is 8.52. The molecule has 1 aliphatic heterocycles. The van der Waals surface area contributed by atoms with Crippen LogP contribution in [0.1, 0.15) is 71.4 Å². The van der Waals surface area contributed by atoms with E-state index in [1.807, 2.05) is 24.3 Å². The number of benzene rings is 1. The van der Waals surface area contributed by atoms with Gasteiger partial charge in [0.2, 0.25) is 0 Å². The van der Waals surface area contributed by atoms with Crippen molar-refractivity contribution in [1.82, 2.24) is 14.9 Å². The Kier molecular flexibility index (Phi) is 7.92. The van der Waals surface area contributed by atoms with Crippen LogP contribution in [0.4, 0.5) is 0 Å². The Hall–Kier alpha value is -3.33. The van der Waals surface area contributed by atoms with Crippen molar-refractivity contribution in [2.24, 2.45) is 28.3 Å². The fourth-order valence-corrected chi connectivity index (χ4v) is 6.62. The van der Waals surface area contributed by atoms with E-state index < -0.39 is 11.3 Å². The summed E-state index contributed by atoms with van der Waals surface area (Å²) in [7, 11) is 0. The number of nitrogens with zero attached hydrogens (tertiary/aromatic N) is 4. The molecule has 5 atom stereocenters. The molecule has 2 heterocycles. The zero-order chi connectivity index (χ0) is 26.7. The lowest BCUT2D eigenvalue weighted by atomic mass is 9.61. The van der Waals surface area contributed by atoms with Gasteiger partial charge in [0, 0.05) is 29.7 Å². The van der Waals surface area contributed by atoms with E-state index in [-0.39, 0.29) is 23.0 Å². The number of Topliss-reactive ketones (excluding diaryl/α,β-unsaturated/α-hetero) is 1. The summed E-state index contributed by atoms with van der Waals surface area (Å²) in [6, 6.07) is 9.04. The van der Waals surface area contributed by atoms with Gasteiger partial charge in [-0.05, 0) is 64.5 Å². The Morgan fingerprint density at radius 1 is 1.22 bits per heavy atom. The number of carbonyl (C=O) groups is 1. The molecule has 1 aromatic carbocycles. The molecule has 9 nitrogen and oxygen atoms in total. The Morgan fingerprint density at radius 3 is 2.51 bits per heavy atom. The molecule has 198 valence electrons.